The Balaban J connectivity index is 0.000000203. The summed E-state index contributed by atoms with van der Waals surface area (Å²) in [6.07, 6.45) is 0. The number of carbonyl (C=O) groups excluding carboxylic acids is 1. The third kappa shape index (κ3) is 4.80. The van der Waals surface area contributed by atoms with Crippen molar-refractivity contribution in [1.82, 2.24) is 4.98 Å². The van der Waals surface area contributed by atoms with Crippen molar-refractivity contribution in [2.24, 2.45) is 0 Å². The largest absolute Gasteiger partial charge is 0.462 e. The van der Waals surface area contributed by atoms with E-state index in [9.17, 15) is 4.79 Å². The highest BCUT2D eigenvalue weighted by atomic mass is 35.5. The lowest BCUT2D eigenvalue weighted by Gasteiger charge is -2.14. The van der Waals surface area contributed by atoms with Crippen LogP contribution in [0, 0.1) is 6.92 Å². The first-order chi connectivity index (χ1) is 8.31. The van der Waals surface area contributed by atoms with Gasteiger partial charge in [-0.05, 0) is 52.0 Å². The number of rotatable bonds is 1. The van der Waals surface area contributed by atoms with E-state index in [0.29, 0.717) is 6.47 Å². The highest BCUT2D eigenvalue weighted by molar-refractivity contribution is 6.31. The normalized spacial score (nSPS) is 10.7. The van der Waals surface area contributed by atoms with Crippen LogP contribution in [0.15, 0.2) is 24.3 Å². The van der Waals surface area contributed by atoms with Crippen LogP contribution < -0.4 is 0 Å². The molecule has 0 spiro atoms. The lowest BCUT2D eigenvalue weighted by Crippen LogP contribution is -2.17. The molecule has 0 radical (unpaired) electrons. The summed E-state index contributed by atoms with van der Waals surface area (Å²) < 4.78 is 4.55. The van der Waals surface area contributed by atoms with Crippen molar-refractivity contribution in [1.29, 1.82) is 0 Å². The van der Waals surface area contributed by atoms with Crippen LogP contribution in [0.2, 0.25) is 5.02 Å². The molecule has 18 heavy (non-hydrogen) atoms. The smallest absolute Gasteiger partial charge is 0.293 e. The van der Waals surface area contributed by atoms with Gasteiger partial charge in [0.25, 0.3) is 6.47 Å². The topological polar surface area (TPSA) is 42.1 Å². The Morgan fingerprint density at radius 2 is 1.94 bits per heavy atom. The molecule has 0 saturated carbocycles. The molecule has 2 rings (SSSR count). The molecule has 1 aromatic heterocycles. The molecule has 0 fully saturated rings. The summed E-state index contributed by atoms with van der Waals surface area (Å²) in [5, 5.41) is 1.96. The molecule has 0 amide bonds. The van der Waals surface area contributed by atoms with Crippen LogP contribution in [-0.4, -0.2) is 17.1 Å². The summed E-state index contributed by atoms with van der Waals surface area (Å²) in [5.74, 6) is 0. The Morgan fingerprint density at radius 3 is 2.44 bits per heavy atom. The van der Waals surface area contributed by atoms with Crippen LogP contribution in [0.5, 0.6) is 0 Å². The maximum Gasteiger partial charge on any atom is 0.293 e. The van der Waals surface area contributed by atoms with Gasteiger partial charge in [0, 0.05) is 21.6 Å². The molecule has 98 valence electrons. The van der Waals surface area contributed by atoms with Crippen LogP contribution in [-0.2, 0) is 9.53 Å². The first kappa shape index (κ1) is 14.6. The minimum atomic E-state index is -0.318. The van der Waals surface area contributed by atoms with E-state index in [1.165, 1.54) is 11.1 Å². The van der Waals surface area contributed by atoms with Crippen molar-refractivity contribution >= 4 is 29.0 Å². The van der Waals surface area contributed by atoms with Gasteiger partial charge >= 0.3 is 0 Å². The minimum absolute atomic E-state index is 0.318. The van der Waals surface area contributed by atoms with Crippen LogP contribution in [0.25, 0.3) is 10.9 Å². The molecule has 1 N–H and O–H groups in total. The zero-order valence-corrected chi connectivity index (χ0v) is 11.8. The number of fused-ring (bicyclic) bond motifs is 1. The van der Waals surface area contributed by atoms with Gasteiger partial charge in [-0.1, -0.05) is 11.6 Å². The zero-order chi connectivity index (χ0) is 13.8. The Morgan fingerprint density at radius 1 is 1.28 bits per heavy atom. The van der Waals surface area contributed by atoms with Crippen molar-refractivity contribution < 1.29 is 9.53 Å². The first-order valence-electron chi connectivity index (χ1n) is 5.68. The van der Waals surface area contributed by atoms with Gasteiger partial charge in [0.2, 0.25) is 0 Å². The van der Waals surface area contributed by atoms with Gasteiger partial charge in [-0.25, -0.2) is 0 Å². The first-order valence-corrected chi connectivity index (χ1v) is 6.06. The quantitative estimate of drug-likeness (QED) is 0.791. The average Bonchev–Trinajstić information content (AvgIpc) is 2.56. The monoisotopic (exact) mass is 267 g/mol. The lowest BCUT2D eigenvalue weighted by atomic mass is 10.2. The van der Waals surface area contributed by atoms with E-state index in [2.05, 4.69) is 15.8 Å². The Bertz CT molecular complexity index is 526. The summed E-state index contributed by atoms with van der Waals surface area (Å²) >= 11 is 5.81. The number of carbonyl (C=O) groups is 1. The maximum absolute atomic E-state index is 9.60. The van der Waals surface area contributed by atoms with Crippen molar-refractivity contribution in [3.63, 3.8) is 0 Å². The van der Waals surface area contributed by atoms with E-state index in [1.54, 1.807) is 0 Å². The zero-order valence-electron chi connectivity index (χ0n) is 11.1. The predicted molar refractivity (Wildman–Crippen MR) is 74.9 cm³/mol. The Kier molecular flexibility index (Phi) is 4.79. The summed E-state index contributed by atoms with van der Waals surface area (Å²) in [6.45, 7) is 7.96. The third-order valence-corrected chi connectivity index (χ3v) is 2.35. The number of aryl methyl sites for hydroxylation is 1. The number of nitrogens with one attached hydrogen (secondary N) is 1. The van der Waals surface area contributed by atoms with Gasteiger partial charge < -0.3 is 9.72 Å². The number of aromatic amines is 1. The number of aromatic nitrogens is 1. The molecule has 0 aliphatic carbocycles. The molecule has 1 aromatic carbocycles. The second-order valence-electron chi connectivity index (χ2n) is 5.01. The Hall–Kier alpha value is -1.48. The lowest BCUT2D eigenvalue weighted by molar-refractivity contribution is -0.138. The molecule has 1 heterocycles. The fourth-order valence-corrected chi connectivity index (χ4v) is 1.57. The van der Waals surface area contributed by atoms with E-state index < -0.39 is 0 Å². The molecule has 0 aliphatic heterocycles. The molecule has 0 saturated heterocycles. The van der Waals surface area contributed by atoms with Crippen molar-refractivity contribution in [3.8, 4) is 0 Å². The molecule has 0 aliphatic rings. The Labute approximate surface area is 112 Å². The molecule has 0 bridgehead atoms. The number of hydrogen-bond donors (Lipinski definition) is 1. The standard InChI is InChI=1S/C9H8ClN.C5H10O2/c1-6-4-7-5-8(10)2-3-9(7)11-6;1-5(2,3)7-4-6/h2-5,11H,1H3;4H,1-3H3. The molecule has 0 unspecified atom stereocenters. The number of benzene rings is 1. The number of ether oxygens (including phenoxy) is 1. The van der Waals surface area contributed by atoms with Gasteiger partial charge in [-0.15, -0.1) is 0 Å². The van der Waals surface area contributed by atoms with E-state index >= 15 is 0 Å². The highest BCUT2D eigenvalue weighted by Crippen LogP contribution is 2.19. The van der Waals surface area contributed by atoms with E-state index in [-0.39, 0.29) is 5.60 Å². The highest BCUT2D eigenvalue weighted by Gasteiger charge is 2.07. The average molecular weight is 268 g/mol. The van der Waals surface area contributed by atoms with E-state index in [1.807, 2.05) is 45.9 Å². The van der Waals surface area contributed by atoms with Crippen LogP contribution in [0.4, 0.5) is 0 Å². The van der Waals surface area contributed by atoms with Gasteiger partial charge in [-0.2, -0.15) is 0 Å². The molecular weight excluding hydrogens is 250 g/mol. The fourth-order valence-electron chi connectivity index (χ4n) is 1.39. The maximum atomic E-state index is 9.60. The SMILES string of the molecule is CC(C)(C)OC=O.Cc1cc2cc(Cl)ccc2[nH]1. The molecule has 4 heteroatoms. The van der Waals surface area contributed by atoms with Gasteiger partial charge in [0.1, 0.15) is 5.60 Å². The minimum Gasteiger partial charge on any atom is -0.462 e. The molecule has 2 aromatic rings. The number of hydrogen-bond acceptors (Lipinski definition) is 2. The molecule has 3 nitrogen and oxygen atoms in total. The van der Waals surface area contributed by atoms with Crippen molar-refractivity contribution in [2.45, 2.75) is 33.3 Å². The van der Waals surface area contributed by atoms with Crippen LogP contribution >= 0.6 is 11.6 Å². The van der Waals surface area contributed by atoms with Crippen molar-refractivity contribution in [3.05, 3.63) is 35.0 Å². The van der Waals surface area contributed by atoms with Gasteiger partial charge in [0.05, 0.1) is 0 Å². The summed E-state index contributed by atoms with van der Waals surface area (Å²) in [4.78, 5) is 12.8. The van der Waals surface area contributed by atoms with Crippen LogP contribution in [0.3, 0.4) is 0 Å². The summed E-state index contributed by atoms with van der Waals surface area (Å²) in [7, 11) is 0. The number of halogens is 1. The van der Waals surface area contributed by atoms with E-state index in [4.69, 9.17) is 11.6 Å². The van der Waals surface area contributed by atoms with E-state index in [0.717, 1.165) is 10.5 Å². The predicted octanol–water partition coefficient (Wildman–Crippen LogP) is 4.09. The van der Waals surface area contributed by atoms with Gasteiger partial charge in [-0.3, -0.25) is 4.79 Å². The second kappa shape index (κ2) is 5.91. The fraction of sp³-hybridized carbons (Fsp3) is 0.357. The van der Waals surface area contributed by atoms with Crippen LogP contribution in [0.1, 0.15) is 26.5 Å². The number of H-pyrrole nitrogens is 1. The second-order valence-corrected chi connectivity index (χ2v) is 5.45. The van der Waals surface area contributed by atoms with Crippen molar-refractivity contribution in [2.75, 3.05) is 0 Å². The van der Waals surface area contributed by atoms with Gasteiger partial charge in [0.15, 0.2) is 0 Å². The molecule has 0 atom stereocenters. The third-order valence-electron chi connectivity index (χ3n) is 2.12. The summed E-state index contributed by atoms with van der Waals surface area (Å²) in [6, 6.07) is 7.92. The molecular formula is C14H18ClNO2. The summed E-state index contributed by atoms with van der Waals surface area (Å²) in [5.41, 5.74) is 2.00.